The molecule has 0 aromatic heterocycles. The fourth-order valence-electron chi connectivity index (χ4n) is 1.62. The largest absolute Gasteiger partial charge is 0.372 e. The summed E-state index contributed by atoms with van der Waals surface area (Å²) in [7, 11) is 0. The van der Waals surface area contributed by atoms with E-state index in [1.165, 1.54) is 5.56 Å². The maximum atomic E-state index is 5.83. The van der Waals surface area contributed by atoms with Crippen molar-refractivity contribution in [2.45, 2.75) is 32.0 Å². The second-order valence-electron chi connectivity index (χ2n) is 4.69. The zero-order chi connectivity index (χ0) is 10.7. The van der Waals surface area contributed by atoms with Crippen LogP contribution in [0.1, 0.15) is 19.4 Å². The van der Waals surface area contributed by atoms with Crippen LogP contribution in [0.5, 0.6) is 0 Å². The monoisotopic (exact) mass is 206 g/mol. The molecule has 0 aliphatic carbocycles. The van der Waals surface area contributed by atoms with Crippen molar-refractivity contribution >= 4 is 0 Å². The van der Waals surface area contributed by atoms with E-state index in [1.54, 1.807) is 0 Å². The quantitative estimate of drug-likeness (QED) is 0.690. The van der Waals surface area contributed by atoms with Gasteiger partial charge in [-0.2, -0.15) is 0 Å². The third-order valence-electron chi connectivity index (χ3n) is 2.54. The Labute approximate surface area is 91.2 Å². The molecule has 1 unspecified atom stereocenters. The van der Waals surface area contributed by atoms with Crippen LogP contribution in [-0.2, 0) is 15.9 Å². The molecule has 15 heavy (non-hydrogen) atoms. The minimum atomic E-state index is -0.104. The van der Waals surface area contributed by atoms with Crippen molar-refractivity contribution in [3.8, 4) is 0 Å². The predicted octanol–water partition coefficient (Wildman–Crippen LogP) is 2.42. The van der Waals surface area contributed by atoms with Crippen LogP contribution < -0.4 is 0 Å². The van der Waals surface area contributed by atoms with Crippen LogP contribution in [0.15, 0.2) is 30.3 Å². The van der Waals surface area contributed by atoms with Crippen molar-refractivity contribution in [1.82, 2.24) is 0 Å². The third-order valence-corrected chi connectivity index (χ3v) is 2.54. The summed E-state index contributed by atoms with van der Waals surface area (Å²) in [4.78, 5) is 0. The van der Waals surface area contributed by atoms with E-state index in [2.05, 4.69) is 38.1 Å². The van der Waals surface area contributed by atoms with Crippen molar-refractivity contribution in [1.29, 1.82) is 0 Å². The van der Waals surface area contributed by atoms with Gasteiger partial charge < -0.3 is 9.47 Å². The second kappa shape index (κ2) is 4.33. The van der Waals surface area contributed by atoms with Crippen LogP contribution in [0.2, 0.25) is 0 Å². The standard InChI is InChI=1S/C13H18O2/c1-13(2,15-10-12-9-14-12)8-11-6-4-3-5-7-11/h3-7,12H,8-10H2,1-2H3. The zero-order valence-corrected chi connectivity index (χ0v) is 9.40. The fraction of sp³-hybridized carbons (Fsp3) is 0.538. The van der Waals surface area contributed by atoms with Gasteiger partial charge in [-0.25, -0.2) is 0 Å². The highest BCUT2D eigenvalue weighted by Gasteiger charge is 2.27. The van der Waals surface area contributed by atoms with E-state index in [0.29, 0.717) is 6.10 Å². The molecule has 0 radical (unpaired) electrons. The van der Waals surface area contributed by atoms with E-state index in [4.69, 9.17) is 9.47 Å². The molecule has 2 rings (SSSR count). The number of epoxide rings is 1. The molecular formula is C13H18O2. The van der Waals surface area contributed by atoms with Crippen LogP contribution in [0.4, 0.5) is 0 Å². The lowest BCUT2D eigenvalue weighted by atomic mass is 9.98. The summed E-state index contributed by atoms with van der Waals surface area (Å²) in [6.45, 7) is 5.84. The minimum absolute atomic E-state index is 0.104. The van der Waals surface area contributed by atoms with Gasteiger partial charge in [0.2, 0.25) is 0 Å². The Balaban J connectivity index is 1.85. The van der Waals surface area contributed by atoms with Crippen LogP contribution in [0.25, 0.3) is 0 Å². The minimum Gasteiger partial charge on any atom is -0.372 e. The van der Waals surface area contributed by atoms with E-state index in [1.807, 2.05) is 6.07 Å². The Morgan fingerprint density at radius 1 is 1.33 bits per heavy atom. The molecule has 1 aliphatic heterocycles. The summed E-state index contributed by atoms with van der Waals surface area (Å²) in [6, 6.07) is 10.4. The first-order chi connectivity index (χ1) is 7.16. The van der Waals surface area contributed by atoms with Gasteiger partial charge in [0.1, 0.15) is 6.10 Å². The van der Waals surface area contributed by atoms with Crippen LogP contribution >= 0.6 is 0 Å². The number of rotatable bonds is 5. The highest BCUT2D eigenvalue weighted by Crippen LogP contribution is 2.19. The van der Waals surface area contributed by atoms with Gasteiger partial charge in [0.05, 0.1) is 18.8 Å². The number of hydrogen-bond acceptors (Lipinski definition) is 2. The summed E-state index contributed by atoms with van der Waals surface area (Å²) in [5, 5.41) is 0. The molecule has 1 aromatic rings. The van der Waals surface area contributed by atoms with Gasteiger partial charge in [-0.05, 0) is 19.4 Å². The Morgan fingerprint density at radius 2 is 2.00 bits per heavy atom. The van der Waals surface area contributed by atoms with E-state index in [0.717, 1.165) is 19.6 Å². The first-order valence-corrected chi connectivity index (χ1v) is 5.45. The van der Waals surface area contributed by atoms with Crippen LogP contribution in [-0.4, -0.2) is 24.9 Å². The molecule has 0 saturated carbocycles. The second-order valence-corrected chi connectivity index (χ2v) is 4.69. The molecule has 0 amide bonds. The molecular weight excluding hydrogens is 188 g/mol. The zero-order valence-electron chi connectivity index (χ0n) is 9.40. The Morgan fingerprint density at radius 3 is 2.60 bits per heavy atom. The molecule has 0 N–H and O–H groups in total. The summed E-state index contributed by atoms with van der Waals surface area (Å²) in [6.07, 6.45) is 1.29. The van der Waals surface area contributed by atoms with Crippen LogP contribution in [0.3, 0.4) is 0 Å². The molecule has 0 spiro atoms. The van der Waals surface area contributed by atoms with E-state index < -0.39 is 0 Å². The normalized spacial score (nSPS) is 20.3. The van der Waals surface area contributed by atoms with Gasteiger partial charge in [0.25, 0.3) is 0 Å². The van der Waals surface area contributed by atoms with Gasteiger partial charge >= 0.3 is 0 Å². The van der Waals surface area contributed by atoms with Crippen molar-refractivity contribution in [2.75, 3.05) is 13.2 Å². The molecule has 1 saturated heterocycles. The number of hydrogen-bond donors (Lipinski definition) is 0. The molecule has 2 heteroatoms. The van der Waals surface area contributed by atoms with Crippen molar-refractivity contribution < 1.29 is 9.47 Å². The van der Waals surface area contributed by atoms with Crippen LogP contribution in [0, 0.1) is 0 Å². The van der Waals surface area contributed by atoms with Gasteiger partial charge in [-0.3, -0.25) is 0 Å². The smallest absolute Gasteiger partial charge is 0.104 e. The van der Waals surface area contributed by atoms with Crippen molar-refractivity contribution in [2.24, 2.45) is 0 Å². The fourth-order valence-corrected chi connectivity index (χ4v) is 1.62. The lowest BCUT2D eigenvalue weighted by molar-refractivity contribution is -0.0238. The van der Waals surface area contributed by atoms with Gasteiger partial charge in [0.15, 0.2) is 0 Å². The number of ether oxygens (including phenoxy) is 2. The molecule has 1 atom stereocenters. The predicted molar refractivity (Wildman–Crippen MR) is 59.9 cm³/mol. The Kier molecular flexibility index (Phi) is 3.08. The Hall–Kier alpha value is -0.860. The van der Waals surface area contributed by atoms with Gasteiger partial charge in [-0.1, -0.05) is 30.3 Å². The maximum absolute atomic E-state index is 5.83. The average Bonchev–Trinajstić information content (AvgIpc) is 2.99. The lowest BCUT2D eigenvalue weighted by Crippen LogP contribution is -2.29. The van der Waals surface area contributed by atoms with Gasteiger partial charge in [-0.15, -0.1) is 0 Å². The SMILES string of the molecule is CC(C)(Cc1ccccc1)OCC1CO1. The summed E-state index contributed by atoms with van der Waals surface area (Å²) in [5.41, 5.74) is 1.21. The molecule has 82 valence electrons. The number of benzene rings is 1. The highest BCUT2D eigenvalue weighted by atomic mass is 16.6. The first kappa shape index (κ1) is 10.7. The third kappa shape index (κ3) is 3.65. The summed E-state index contributed by atoms with van der Waals surface area (Å²) >= 11 is 0. The molecule has 1 heterocycles. The van der Waals surface area contributed by atoms with E-state index >= 15 is 0 Å². The first-order valence-electron chi connectivity index (χ1n) is 5.45. The van der Waals surface area contributed by atoms with Crippen molar-refractivity contribution in [3.63, 3.8) is 0 Å². The molecule has 1 aromatic carbocycles. The summed E-state index contributed by atoms with van der Waals surface area (Å²) in [5.74, 6) is 0. The summed E-state index contributed by atoms with van der Waals surface area (Å²) < 4.78 is 11.0. The van der Waals surface area contributed by atoms with Crippen molar-refractivity contribution in [3.05, 3.63) is 35.9 Å². The van der Waals surface area contributed by atoms with E-state index in [-0.39, 0.29) is 5.60 Å². The average molecular weight is 206 g/mol. The highest BCUT2D eigenvalue weighted by molar-refractivity contribution is 5.16. The Bertz CT molecular complexity index is 302. The maximum Gasteiger partial charge on any atom is 0.104 e. The molecule has 0 bridgehead atoms. The van der Waals surface area contributed by atoms with E-state index in [9.17, 15) is 0 Å². The topological polar surface area (TPSA) is 21.8 Å². The molecule has 1 aliphatic rings. The molecule has 1 fully saturated rings. The van der Waals surface area contributed by atoms with Gasteiger partial charge in [0, 0.05) is 6.42 Å². The lowest BCUT2D eigenvalue weighted by Gasteiger charge is -2.25. The molecule has 2 nitrogen and oxygen atoms in total.